The van der Waals surface area contributed by atoms with Crippen molar-refractivity contribution in [3.63, 3.8) is 0 Å². The van der Waals surface area contributed by atoms with Crippen LogP contribution in [0.4, 0.5) is 5.69 Å². The third-order valence-electron chi connectivity index (χ3n) is 3.31. The largest absolute Gasteiger partial charge is 0.292 e. The number of nitrogens with zero attached hydrogens (tertiary/aromatic N) is 3. The van der Waals surface area contributed by atoms with Crippen molar-refractivity contribution in [2.24, 2.45) is 0 Å². The van der Waals surface area contributed by atoms with Gasteiger partial charge in [0.2, 0.25) is 0 Å². The minimum absolute atomic E-state index is 0.102. The second kappa shape index (κ2) is 5.94. The number of nitro groups is 1. The molecular formula is C16H9N3O3S. The number of Topliss-reactive ketones (excluding diaryl/α,β-unsaturated/α-hetero) is 1. The molecule has 0 fully saturated rings. The Morgan fingerprint density at radius 2 is 1.91 bits per heavy atom. The van der Waals surface area contributed by atoms with E-state index in [1.165, 1.54) is 35.6 Å². The van der Waals surface area contributed by atoms with E-state index in [4.69, 9.17) is 0 Å². The maximum Gasteiger partial charge on any atom is 0.269 e. The van der Waals surface area contributed by atoms with E-state index in [9.17, 15) is 20.2 Å². The van der Waals surface area contributed by atoms with Crippen molar-refractivity contribution in [3.05, 3.63) is 69.2 Å². The Bertz CT molecular complexity index is 908. The van der Waals surface area contributed by atoms with Crippen LogP contribution in [0, 0.1) is 21.4 Å². The summed E-state index contributed by atoms with van der Waals surface area (Å²) in [5, 5.41) is 20.4. The van der Waals surface area contributed by atoms with Crippen LogP contribution in [0.1, 0.15) is 21.3 Å². The van der Waals surface area contributed by atoms with Gasteiger partial charge in [-0.2, -0.15) is 5.26 Å². The molecule has 0 bridgehead atoms. The van der Waals surface area contributed by atoms with Gasteiger partial charge < -0.3 is 0 Å². The van der Waals surface area contributed by atoms with Crippen LogP contribution in [0.25, 0.3) is 10.2 Å². The normalized spacial score (nSPS) is 11.8. The number of ketones is 1. The van der Waals surface area contributed by atoms with Gasteiger partial charge in [0.15, 0.2) is 11.7 Å². The molecule has 23 heavy (non-hydrogen) atoms. The van der Waals surface area contributed by atoms with Crippen molar-refractivity contribution < 1.29 is 9.72 Å². The number of rotatable bonds is 4. The average Bonchev–Trinajstić information content (AvgIpc) is 2.99. The Labute approximate surface area is 134 Å². The second-order valence-electron chi connectivity index (χ2n) is 4.75. The zero-order valence-corrected chi connectivity index (χ0v) is 12.5. The molecule has 0 amide bonds. The van der Waals surface area contributed by atoms with Crippen molar-refractivity contribution in [2.45, 2.75) is 5.92 Å². The summed E-state index contributed by atoms with van der Waals surface area (Å²) in [6.07, 6.45) is 0. The van der Waals surface area contributed by atoms with E-state index < -0.39 is 16.6 Å². The number of non-ortho nitro benzene ring substituents is 1. The van der Waals surface area contributed by atoms with Gasteiger partial charge in [-0.15, -0.1) is 11.3 Å². The van der Waals surface area contributed by atoms with E-state index in [0.29, 0.717) is 5.01 Å². The first kappa shape index (κ1) is 14.8. The minimum atomic E-state index is -1.02. The highest BCUT2D eigenvalue weighted by Crippen LogP contribution is 2.29. The third-order valence-corrected chi connectivity index (χ3v) is 4.41. The monoisotopic (exact) mass is 323 g/mol. The van der Waals surface area contributed by atoms with Crippen LogP contribution in [-0.4, -0.2) is 15.7 Å². The molecule has 0 unspecified atom stereocenters. The van der Waals surface area contributed by atoms with Gasteiger partial charge in [-0.3, -0.25) is 14.9 Å². The summed E-state index contributed by atoms with van der Waals surface area (Å²) in [6.45, 7) is 0. The van der Waals surface area contributed by atoms with Crippen LogP contribution >= 0.6 is 11.3 Å². The quantitative estimate of drug-likeness (QED) is 0.414. The van der Waals surface area contributed by atoms with E-state index >= 15 is 0 Å². The Kier molecular flexibility index (Phi) is 3.83. The Morgan fingerprint density at radius 1 is 1.22 bits per heavy atom. The van der Waals surface area contributed by atoms with E-state index in [1.807, 2.05) is 30.3 Å². The first-order chi connectivity index (χ1) is 11.1. The molecule has 1 aromatic heterocycles. The van der Waals surface area contributed by atoms with Crippen molar-refractivity contribution in [1.29, 1.82) is 5.26 Å². The number of aromatic nitrogens is 1. The van der Waals surface area contributed by atoms with Crippen LogP contribution in [0.15, 0.2) is 48.5 Å². The number of carbonyl (C=O) groups excluding carboxylic acids is 1. The van der Waals surface area contributed by atoms with Gasteiger partial charge >= 0.3 is 0 Å². The number of para-hydroxylation sites is 1. The summed E-state index contributed by atoms with van der Waals surface area (Å²) in [4.78, 5) is 27.0. The van der Waals surface area contributed by atoms with Crippen molar-refractivity contribution in [2.75, 3.05) is 0 Å². The molecule has 2 aromatic carbocycles. The number of hydrogen-bond acceptors (Lipinski definition) is 6. The van der Waals surface area contributed by atoms with Gasteiger partial charge in [0.25, 0.3) is 5.69 Å². The van der Waals surface area contributed by atoms with E-state index in [0.717, 1.165) is 10.2 Å². The lowest BCUT2D eigenvalue weighted by Crippen LogP contribution is -2.11. The highest BCUT2D eigenvalue weighted by Gasteiger charge is 2.25. The van der Waals surface area contributed by atoms with Gasteiger partial charge in [0, 0.05) is 17.7 Å². The predicted octanol–water partition coefficient (Wildman–Crippen LogP) is 3.69. The van der Waals surface area contributed by atoms with Crippen LogP contribution in [-0.2, 0) is 0 Å². The van der Waals surface area contributed by atoms with Crippen molar-refractivity contribution in [1.82, 2.24) is 4.98 Å². The van der Waals surface area contributed by atoms with E-state index in [1.54, 1.807) is 0 Å². The number of benzene rings is 2. The molecule has 0 spiro atoms. The topological polar surface area (TPSA) is 96.9 Å². The van der Waals surface area contributed by atoms with Gasteiger partial charge in [-0.1, -0.05) is 12.1 Å². The molecule has 0 aliphatic rings. The van der Waals surface area contributed by atoms with Gasteiger partial charge in [-0.25, -0.2) is 4.98 Å². The zero-order valence-electron chi connectivity index (χ0n) is 11.7. The number of fused-ring (bicyclic) bond motifs is 1. The maximum absolute atomic E-state index is 12.5. The lowest BCUT2D eigenvalue weighted by Gasteiger charge is -2.04. The molecule has 7 heteroatoms. The SMILES string of the molecule is N#C[C@H](C(=O)c1ccc([N+](=O)[O-])cc1)c1nc2ccccc2s1. The standard InChI is InChI=1S/C16H9N3O3S/c17-9-12(16-18-13-3-1-2-4-14(13)23-16)15(20)10-5-7-11(8-6-10)19(21)22/h1-8,12H/t12-/m1/s1. The summed E-state index contributed by atoms with van der Waals surface area (Å²) < 4.78 is 0.902. The second-order valence-corrected chi connectivity index (χ2v) is 5.81. The molecule has 0 aliphatic heterocycles. The highest BCUT2D eigenvalue weighted by molar-refractivity contribution is 7.18. The van der Waals surface area contributed by atoms with Crippen LogP contribution in [0.2, 0.25) is 0 Å². The first-order valence-corrected chi connectivity index (χ1v) is 7.45. The third kappa shape index (κ3) is 2.80. The molecule has 0 saturated carbocycles. The summed E-state index contributed by atoms with van der Waals surface area (Å²) in [6, 6.07) is 14.6. The molecule has 1 heterocycles. The molecule has 6 nitrogen and oxygen atoms in total. The first-order valence-electron chi connectivity index (χ1n) is 6.64. The number of nitro benzene ring substituents is 1. The average molecular weight is 323 g/mol. The molecule has 3 aromatic rings. The minimum Gasteiger partial charge on any atom is -0.292 e. The smallest absolute Gasteiger partial charge is 0.269 e. The number of nitriles is 1. The van der Waals surface area contributed by atoms with Crippen molar-refractivity contribution >= 4 is 33.0 Å². The summed E-state index contributed by atoms with van der Waals surface area (Å²) in [5.74, 6) is -1.43. The highest BCUT2D eigenvalue weighted by atomic mass is 32.1. The van der Waals surface area contributed by atoms with Crippen LogP contribution in [0.3, 0.4) is 0 Å². The predicted molar refractivity (Wildman–Crippen MR) is 85.4 cm³/mol. The van der Waals surface area contributed by atoms with Gasteiger partial charge in [0.1, 0.15) is 5.01 Å². The molecule has 1 atom stereocenters. The fraction of sp³-hybridized carbons (Fsp3) is 0.0625. The fourth-order valence-electron chi connectivity index (χ4n) is 2.15. The summed E-state index contributed by atoms with van der Waals surface area (Å²) in [5.41, 5.74) is 0.890. The number of hydrogen-bond donors (Lipinski definition) is 0. The molecule has 3 rings (SSSR count). The van der Waals surface area contributed by atoms with E-state index in [-0.39, 0.29) is 11.3 Å². The Morgan fingerprint density at radius 3 is 2.52 bits per heavy atom. The lowest BCUT2D eigenvalue weighted by atomic mass is 9.99. The number of carbonyl (C=O) groups is 1. The Balaban J connectivity index is 1.95. The van der Waals surface area contributed by atoms with Crippen LogP contribution < -0.4 is 0 Å². The summed E-state index contributed by atoms with van der Waals surface area (Å²) in [7, 11) is 0. The van der Waals surface area contributed by atoms with Gasteiger partial charge in [0.05, 0.1) is 21.2 Å². The van der Waals surface area contributed by atoms with E-state index in [2.05, 4.69) is 4.98 Å². The van der Waals surface area contributed by atoms with Crippen molar-refractivity contribution in [3.8, 4) is 6.07 Å². The molecule has 0 radical (unpaired) electrons. The fourth-order valence-corrected chi connectivity index (χ4v) is 3.17. The molecule has 0 N–H and O–H groups in total. The molecule has 112 valence electrons. The Hall–Kier alpha value is -3.11. The lowest BCUT2D eigenvalue weighted by molar-refractivity contribution is -0.384. The summed E-state index contributed by atoms with van der Waals surface area (Å²) >= 11 is 1.30. The zero-order chi connectivity index (χ0) is 16.4. The molecule has 0 aliphatic carbocycles. The molecular weight excluding hydrogens is 314 g/mol. The maximum atomic E-state index is 12.5. The van der Waals surface area contributed by atoms with Gasteiger partial charge in [-0.05, 0) is 24.3 Å². The molecule has 0 saturated heterocycles. The number of thiazole rings is 1. The van der Waals surface area contributed by atoms with Crippen LogP contribution in [0.5, 0.6) is 0 Å².